The van der Waals surface area contributed by atoms with E-state index in [-0.39, 0.29) is 17.7 Å². The minimum atomic E-state index is -2.91. The van der Waals surface area contributed by atoms with E-state index in [9.17, 15) is 13.2 Å². The summed E-state index contributed by atoms with van der Waals surface area (Å²) in [7, 11) is -2.91. The molecule has 1 amide bonds. The monoisotopic (exact) mass is 312 g/mol. The fourth-order valence-electron chi connectivity index (χ4n) is 2.55. The molecule has 0 saturated carbocycles. The van der Waals surface area contributed by atoms with Crippen LogP contribution in [-0.2, 0) is 14.6 Å². The van der Waals surface area contributed by atoms with E-state index in [1.165, 1.54) is 11.8 Å². The zero-order valence-electron chi connectivity index (χ0n) is 10.9. The SMILES string of the molecule is O=C1CSc2ccc(NC3CCCS(=O)(=O)C3)cc2N1. The molecule has 0 bridgehead atoms. The number of nitrogens with one attached hydrogen (secondary N) is 2. The Hall–Kier alpha value is -1.21. The lowest BCUT2D eigenvalue weighted by atomic mass is 10.1. The molecule has 1 saturated heterocycles. The molecule has 2 heterocycles. The number of sulfone groups is 1. The lowest BCUT2D eigenvalue weighted by Crippen LogP contribution is -2.34. The summed E-state index contributed by atoms with van der Waals surface area (Å²) in [5.74, 6) is 0.924. The molecule has 5 nitrogen and oxygen atoms in total. The van der Waals surface area contributed by atoms with Crippen LogP contribution >= 0.6 is 11.8 Å². The highest BCUT2D eigenvalue weighted by atomic mass is 32.2. The molecular weight excluding hydrogens is 296 g/mol. The van der Waals surface area contributed by atoms with E-state index in [2.05, 4.69) is 10.6 Å². The van der Waals surface area contributed by atoms with Crippen LogP contribution in [0, 0.1) is 0 Å². The maximum absolute atomic E-state index is 11.6. The van der Waals surface area contributed by atoms with Gasteiger partial charge in [-0.1, -0.05) is 0 Å². The van der Waals surface area contributed by atoms with Crippen LogP contribution in [0.5, 0.6) is 0 Å². The van der Waals surface area contributed by atoms with Gasteiger partial charge < -0.3 is 10.6 Å². The summed E-state index contributed by atoms with van der Waals surface area (Å²) < 4.78 is 23.3. The summed E-state index contributed by atoms with van der Waals surface area (Å²) in [4.78, 5) is 12.4. The van der Waals surface area contributed by atoms with Gasteiger partial charge in [-0.2, -0.15) is 0 Å². The van der Waals surface area contributed by atoms with Crippen molar-refractivity contribution in [3.05, 3.63) is 18.2 Å². The van der Waals surface area contributed by atoms with Gasteiger partial charge in [0.15, 0.2) is 9.84 Å². The topological polar surface area (TPSA) is 75.3 Å². The van der Waals surface area contributed by atoms with Crippen LogP contribution in [-0.4, -0.2) is 37.6 Å². The van der Waals surface area contributed by atoms with Crippen LogP contribution in [0.1, 0.15) is 12.8 Å². The normalized spacial score (nSPS) is 24.6. The molecule has 0 aliphatic carbocycles. The van der Waals surface area contributed by atoms with Crippen LogP contribution in [0.3, 0.4) is 0 Å². The molecule has 20 heavy (non-hydrogen) atoms. The Bertz CT molecular complexity index is 643. The number of benzene rings is 1. The maximum atomic E-state index is 11.6. The highest BCUT2D eigenvalue weighted by Crippen LogP contribution is 2.33. The van der Waals surface area contributed by atoms with Crippen LogP contribution in [0.15, 0.2) is 23.1 Å². The van der Waals surface area contributed by atoms with E-state index in [4.69, 9.17) is 0 Å². The molecule has 7 heteroatoms. The lowest BCUT2D eigenvalue weighted by molar-refractivity contribution is -0.113. The van der Waals surface area contributed by atoms with E-state index in [0.717, 1.165) is 22.7 Å². The van der Waals surface area contributed by atoms with Crippen molar-refractivity contribution in [2.75, 3.05) is 27.9 Å². The number of rotatable bonds is 2. The van der Waals surface area contributed by atoms with E-state index in [0.29, 0.717) is 17.9 Å². The minimum Gasteiger partial charge on any atom is -0.381 e. The third-order valence-electron chi connectivity index (χ3n) is 3.45. The Morgan fingerprint density at radius 2 is 2.20 bits per heavy atom. The Morgan fingerprint density at radius 1 is 1.35 bits per heavy atom. The first-order valence-electron chi connectivity index (χ1n) is 6.55. The Balaban J connectivity index is 1.75. The average Bonchev–Trinajstić information content (AvgIpc) is 2.37. The molecule has 1 aromatic rings. The van der Waals surface area contributed by atoms with Crippen LogP contribution in [0.25, 0.3) is 0 Å². The molecule has 2 aliphatic rings. The molecule has 1 atom stereocenters. The largest absolute Gasteiger partial charge is 0.381 e. The molecule has 0 spiro atoms. The molecule has 2 aliphatic heterocycles. The zero-order chi connectivity index (χ0) is 14.2. The highest BCUT2D eigenvalue weighted by molar-refractivity contribution is 8.00. The standard InChI is InChI=1S/C13H16N2O3S2/c16-13-7-19-12-4-3-9(6-11(12)15-13)14-10-2-1-5-20(17,18)8-10/h3-4,6,10,14H,1-2,5,7-8H2,(H,15,16). The smallest absolute Gasteiger partial charge is 0.234 e. The number of fused-ring (bicyclic) bond motifs is 1. The first-order valence-corrected chi connectivity index (χ1v) is 9.36. The van der Waals surface area contributed by atoms with Gasteiger partial charge in [0, 0.05) is 16.6 Å². The van der Waals surface area contributed by atoms with Gasteiger partial charge in [0.1, 0.15) is 0 Å². The molecule has 2 N–H and O–H groups in total. The quantitative estimate of drug-likeness (QED) is 0.870. The zero-order valence-corrected chi connectivity index (χ0v) is 12.5. The van der Waals surface area contributed by atoms with Gasteiger partial charge in [-0.3, -0.25) is 4.79 Å². The molecule has 108 valence electrons. The average molecular weight is 312 g/mol. The van der Waals surface area contributed by atoms with Gasteiger partial charge in [0.2, 0.25) is 5.91 Å². The molecule has 0 aromatic heterocycles. The molecule has 1 aromatic carbocycles. The van der Waals surface area contributed by atoms with Gasteiger partial charge in [0.25, 0.3) is 0 Å². The van der Waals surface area contributed by atoms with Crippen LogP contribution in [0.4, 0.5) is 11.4 Å². The van der Waals surface area contributed by atoms with Gasteiger partial charge >= 0.3 is 0 Å². The van der Waals surface area contributed by atoms with Crippen LogP contribution < -0.4 is 10.6 Å². The predicted molar refractivity (Wildman–Crippen MR) is 81.1 cm³/mol. The van der Waals surface area contributed by atoms with Gasteiger partial charge in [-0.25, -0.2) is 8.42 Å². The fraction of sp³-hybridized carbons (Fsp3) is 0.462. The predicted octanol–water partition coefficient (Wildman–Crippen LogP) is 1.72. The Kier molecular flexibility index (Phi) is 3.64. The summed E-state index contributed by atoms with van der Waals surface area (Å²) in [5, 5.41) is 6.10. The van der Waals surface area contributed by atoms with Crippen molar-refractivity contribution < 1.29 is 13.2 Å². The Labute approximate surface area is 122 Å². The third-order valence-corrected chi connectivity index (χ3v) is 6.34. The molecule has 1 unspecified atom stereocenters. The number of carbonyl (C=O) groups is 1. The van der Waals surface area contributed by atoms with Crippen molar-refractivity contribution in [2.45, 2.75) is 23.8 Å². The molecular formula is C13H16N2O3S2. The summed E-state index contributed by atoms with van der Waals surface area (Å²) >= 11 is 1.52. The molecule has 3 rings (SSSR count). The number of anilines is 2. The molecule has 0 radical (unpaired) electrons. The van der Waals surface area contributed by atoms with Gasteiger partial charge in [0.05, 0.1) is 22.9 Å². The summed E-state index contributed by atoms with van der Waals surface area (Å²) in [6, 6.07) is 5.73. The second-order valence-electron chi connectivity index (χ2n) is 5.15. The number of carbonyl (C=O) groups excluding carboxylic acids is 1. The van der Waals surface area contributed by atoms with E-state index >= 15 is 0 Å². The number of thioether (sulfide) groups is 1. The van der Waals surface area contributed by atoms with Crippen molar-refractivity contribution in [3.63, 3.8) is 0 Å². The number of hydrogen-bond donors (Lipinski definition) is 2. The minimum absolute atomic E-state index is 0.0000980. The summed E-state index contributed by atoms with van der Waals surface area (Å²) in [6.45, 7) is 0. The van der Waals surface area contributed by atoms with Crippen molar-refractivity contribution >= 4 is 38.9 Å². The van der Waals surface area contributed by atoms with Crippen LogP contribution in [0.2, 0.25) is 0 Å². The summed E-state index contributed by atoms with van der Waals surface area (Å²) in [5.41, 5.74) is 1.66. The first kappa shape index (κ1) is 13.8. The van der Waals surface area contributed by atoms with Gasteiger partial charge in [-0.05, 0) is 31.0 Å². The maximum Gasteiger partial charge on any atom is 0.234 e. The van der Waals surface area contributed by atoms with E-state index in [1.54, 1.807) is 0 Å². The van der Waals surface area contributed by atoms with E-state index < -0.39 is 9.84 Å². The second kappa shape index (κ2) is 5.29. The number of hydrogen-bond acceptors (Lipinski definition) is 5. The lowest BCUT2D eigenvalue weighted by Gasteiger charge is -2.25. The number of amides is 1. The summed E-state index contributed by atoms with van der Waals surface area (Å²) in [6.07, 6.45) is 1.56. The van der Waals surface area contributed by atoms with Crippen molar-refractivity contribution in [2.24, 2.45) is 0 Å². The van der Waals surface area contributed by atoms with Crippen molar-refractivity contribution in [1.82, 2.24) is 0 Å². The van der Waals surface area contributed by atoms with E-state index in [1.807, 2.05) is 18.2 Å². The second-order valence-corrected chi connectivity index (χ2v) is 8.39. The van der Waals surface area contributed by atoms with Crippen molar-refractivity contribution in [1.29, 1.82) is 0 Å². The van der Waals surface area contributed by atoms with Crippen molar-refractivity contribution in [3.8, 4) is 0 Å². The van der Waals surface area contributed by atoms with Gasteiger partial charge in [-0.15, -0.1) is 11.8 Å². The first-order chi connectivity index (χ1) is 9.52. The third kappa shape index (κ3) is 3.09. The Morgan fingerprint density at radius 3 is 3.00 bits per heavy atom. The fourth-order valence-corrected chi connectivity index (χ4v) is 4.97. The highest BCUT2D eigenvalue weighted by Gasteiger charge is 2.25. The molecule has 1 fully saturated rings.